The lowest BCUT2D eigenvalue weighted by molar-refractivity contribution is 0.394. The lowest BCUT2D eigenvalue weighted by atomic mass is 10.1. The van der Waals surface area contributed by atoms with E-state index >= 15 is 0 Å². The molecule has 1 aromatic heterocycles. The summed E-state index contributed by atoms with van der Waals surface area (Å²) in [5.74, 6) is -0.235. The van der Waals surface area contributed by atoms with Gasteiger partial charge >= 0.3 is 10.2 Å². The Morgan fingerprint density at radius 1 is 1.33 bits per heavy atom. The number of halogens is 1. The number of hydrogen-bond acceptors (Lipinski definition) is 4. The van der Waals surface area contributed by atoms with E-state index in [4.69, 9.17) is 4.74 Å². The van der Waals surface area contributed by atoms with Crippen molar-refractivity contribution >= 4 is 21.1 Å². The van der Waals surface area contributed by atoms with E-state index in [0.717, 1.165) is 10.9 Å². The van der Waals surface area contributed by atoms with E-state index in [9.17, 15) is 12.3 Å². The van der Waals surface area contributed by atoms with Crippen LogP contribution >= 0.6 is 0 Å². The highest BCUT2D eigenvalue weighted by atomic mass is 32.3. The summed E-state index contributed by atoms with van der Waals surface area (Å²) < 4.78 is 38.7. The number of aryl methyl sites for hydroxylation is 1. The van der Waals surface area contributed by atoms with Crippen LogP contribution in [-0.2, 0) is 16.6 Å². The predicted octanol–water partition coefficient (Wildman–Crippen LogP) is 2.09. The van der Waals surface area contributed by atoms with Crippen LogP contribution in [0.15, 0.2) is 30.3 Å². The van der Waals surface area contributed by atoms with Gasteiger partial charge < -0.3 is 4.74 Å². The smallest absolute Gasteiger partial charge is 0.302 e. The molecule has 0 aliphatic rings. The maximum absolute atomic E-state index is 12.5. The fourth-order valence-electron chi connectivity index (χ4n) is 1.73. The van der Waals surface area contributed by atoms with Crippen LogP contribution in [0.1, 0.15) is 5.56 Å². The molecule has 2 rings (SSSR count). The van der Waals surface area contributed by atoms with Crippen LogP contribution in [0.2, 0.25) is 0 Å². The first-order valence-corrected chi connectivity index (χ1v) is 6.90. The highest BCUT2D eigenvalue weighted by Gasteiger charge is 2.12. The highest BCUT2D eigenvalue weighted by Crippen LogP contribution is 2.22. The van der Waals surface area contributed by atoms with Gasteiger partial charge in [-0.25, -0.2) is 4.98 Å². The number of fused-ring (bicyclic) bond motifs is 1. The van der Waals surface area contributed by atoms with Crippen LogP contribution in [0.25, 0.3) is 10.9 Å². The molecule has 0 N–H and O–H groups in total. The van der Waals surface area contributed by atoms with Crippen molar-refractivity contribution in [2.75, 3.05) is 12.9 Å². The van der Waals surface area contributed by atoms with E-state index in [1.54, 1.807) is 6.07 Å². The summed E-state index contributed by atoms with van der Waals surface area (Å²) in [6.45, 7) is 0. The third-order valence-electron chi connectivity index (χ3n) is 2.57. The minimum atomic E-state index is -4.48. The second kappa shape index (κ2) is 4.89. The van der Waals surface area contributed by atoms with Crippen LogP contribution < -0.4 is 4.74 Å². The molecule has 2 aromatic rings. The highest BCUT2D eigenvalue weighted by molar-refractivity contribution is 7.86. The molecule has 0 bridgehead atoms. The Morgan fingerprint density at radius 3 is 2.72 bits per heavy atom. The van der Waals surface area contributed by atoms with Gasteiger partial charge in [0.25, 0.3) is 0 Å². The Balaban J connectivity index is 2.42. The Bertz CT molecular complexity index is 670. The molecule has 1 aromatic carbocycles. The summed E-state index contributed by atoms with van der Waals surface area (Å²) in [4.78, 5) is 4.25. The van der Waals surface area contributed by atoms with Gasteiger partial charge in [0, 0.05) is 10.9 Å². The van der Waals surface area contributed by atoms with Crippen LogP contribution in [-0.4, -0.2) is 26.3 Å². The number of rotatable bonds is 4. The summed E-state index contributed by atoms with van der Waals surface area (Å²) in [6.07, 6.45) is 0.0415. The van der Waals surface area contributed by atoms with Gasteiger partial charge in [-0.1, -0.05) is 18.2 Å². The zero-order valence-electron chi connectivity index (χ0n) is 9.76. The number of methoxy groups -OCH3 is 1. The van der Waals surface area contributed by atoms with E-state index in [-0.39, 0.29) is 6.42 Å². The van der Waals surface area contributed by atoms with Crippen molar-refractivity contribution in [3.63, 3.8) is 0 Å². The first kappa shape index (κ1) is 12.8. The van der Waals surface area contributed by atoms with Gasteiger partial charge in [0.15, 0.2) is 0 Å². The molecule has 18 heavy (non-hydrogen) atoms. The molecule has 0 spiro atoms. The third-order valence-corrected chi connectivity index (χ3v) is 3.26. The van der Waals surface area contributed by atoms with Crippen molar-refractivity contribution in [2.24, 2.45) is 0 Å². The molecule has 0 saturated carbocycles. The first-order chi connectivity index (χ1) is 8.49. The molecule has 0 atom stereocenters. The Labute approximate surface area is 105 Å². The number of hydrogen-bond donors (Lipinski definition) is 0. The van der Waals surface area contributed by atoms with Crippen LogP contribution in [0.3, 0.4) is 0 Å². The number of nitrogens with zero attached hydrogens (tertiary/aromatic N) is 1. The van der Waals surface area contributed by atoms with E-state index in [1.807, 2.05) is 24.3 Å². The minimum Gasteiger partial charge on any atom is -0.481 e. The summed E-state index contributed by atoms with van der Waals surface area (Å²) in [5, 5.41) is 0.865. The zero-order chi connectivity index (χ0) is 13.2. The number of ether oxygens (including phenoxy) is 1. The third kappa shape index (κ3) is 2.95. The zero-order valence-corrected chi connectivity index (χ0v) is 10.6. The quantitative estimate of drug-likeness (QED) is 0.797. The van der Waals surface area contributed by atoms with Crippen LogP contribution in [0, 0.1) is 0 Å². The van der Waals surface area contributed by atoms with Crippen molar-refractivity contribution in [2.45, 2.75) is 6.42 Å². The molecule has 0 aliphatic carbocycles. The topological polar surface area (TPSA) is 56.3 Å². The van der Waals surface area contributed by atoms with Crippen molar-refractivity contribution in [3.05, 3.63) is 35.9 Å². The van der Waals surface area contributed by atoms with E-state index in [2.05, 4.69) is 4.98 Å². The van der Waals surface area contributed by atoms with Gasteiger partial charge in [-0.05, 0) is 18.6 Å². The maximum atomic E-state index is 12.5. The predicted molar refractivity (Wildman–Crippen MR) is 66.9 cm³/mol. The number of para-hydroxylation sites is 1. The molecule has 0 saturated heterocycles. The first-order valence-electron chi connectivity index (χ1n) is 5.34. The van der Waals surface area contributed by atoms with Gasteiger partial charge in [-0.15, -0.1) is 3.89 Å². The van der Waals surface area contributed by atoms with Gasteiger partial charge in [-0.3, -0.25) is 0 Å². The monoisotopic (exact) mass is 269 g/mol. The second-order valence-corrected chi connectivity index (χ2v) is 5.33. The fraction of sp³-hybridized carbons (Fsp3) is 0.250. The van der Waals surface area contributed by atoms with E-state index in [0.29, 0.717) is 11.4 Å². The molecule has 0 aliphatic heterocycles. The van der Waals surface area contributed by atoms with Gasteiger partial charge in [0.1, 0.15) is 0 Å². The van der Waals surface area contributed by atoms with E-state index in [1.165, 1.54) is 7.11 Å². The van der Waals surface area contributed by atoms with Crippen molar-refractivity contribution < 1.29 is 17.0 Å². The molecular formula is C12H12FNO3S. The normalized spacial score (nSPS) is 11.7. The lowest BCUT2D eigenvalue weighted by Crippen LogP contribution is -2.04. The molecular weight excluding hydrogens is 257 g/mol. The molecule has 0 radical (unpaired) electrons. The largest absolute Gasteiger partial charge is 0.481 e. The van der Waals surface area contributed by atoms with Gasteiger partial charge in [-0.2, -0.15) is 8.42 Å². The lowest BCUT2D eigenvalue weighted by Gasteiger charge is -2.08. The molecule has 6 heteroatoms. The standard InChI is InChI=1S/C12H12FNO3S/c1-17-12-10(6-7-18(13,15)16)8-9-4-2-3-5-11(9)14-12/h2-5,8H,6-7H2,1H3. The molecule has 1 heterocycles. The number of pyridine rings is 1. The summed E-state index contributed by atoms with van der Waals surface area (Å²) in [5.41, 5.74) is 1.33. The molecule has 96 valence electrons. The van der Waals surface area contributed by atoms with Crippen molar-refractivity contribution in [1.29, 1.82) is 0 Å². The summed E-state index contributed by atoms with van der Waals surface area (Å²) in [7, 11) is -3.03. The number of aromatic nitrogens is 1. The SMILES string of the molecule is COc1nc2ccccc2cc1CCS(=O)(=O)F. The minimum absolute atomic E-state index is 0.0415. The molecule has 0 unspecified atom stereocenters. The second-order valence-electron chi connectivity index (χ2n) is 3.84. The number of benzene rings is 1. The maximum Gasteiger partial charge on any atom is 0.302 e. The Morgan fingerprint density at radius 2 is 2.06 bits per heavy atom. The Hall–Kier alpha value is -1.69. The van der Waals surface area contributed by atoms with Gasteiger partial charge in [0.05, 0.1) is 18.4 Å². The van der Waals surface area contributed by atoms with Crippen LogP contribution in [0.4, 0.5) is 3.89 Å². The molecule has 0 amide bonds. The molecule has 4 nitrogen and oxygen atoms in total. The average Bonchev–Trinajstić information content (AvgIpc) is 2.34. The van der Waals surface area contributed by atoms with E-state index < -0.39 is 16.0 Å². The van der Waals surface area contributed by atoms with Crippen LogP contribution in [0.5, 0.6) is 5.88 Å². The Kier molecular flexibility index (Phi) is 3.47. The van der Waals surface area contributed by atoms with Crippen molar-refractivity contribution in [3.8, 4) is 5.88 Å². The average molecular weight is 269 g/mol. The summed E-state index contributed by atoms with van der Waals surface area (Å²) >= 11 is 0. The van der Waals surface area contributed by atoms with Gasteiger partial charge in [0.2, 0.25) is 5.88 Å². The van der Waals surface area contributed by atoms with Crippen molar-refractivity contribution in [1.82, 2.24) is 4.98 Å². The summed E-state index contributed by atoms with van der Waals surface area (Å²) in [6, 6.07) is 9.15. The fourth-order valence-corrected chi connectivity index (χ4v) is 2.19. The molecule has 0 fully saturated rings.